The normalized spacial score (nSPS) is 17.6. The first-order chi connectivity index (χ1) is 11.7. The van der Waals surface area contributed by atoms with Gasteiger partial charge in [-0.05, 0) is 24.6 Å². The fraction of sp³-hybridized carbons (Fsp3) is 0.368. The largest absolute Gasteiger partial charge is 0.504 e. The predicted octanol–water partition coefficient (Wildman–Crippen LogP) is 3.42. The molecule has 0 amide bonds. The summed E-state index contributed by atoms with van der Waals surface area (Å²) in [7, 11) is 0. The Morgan fingerprint density at radius 1 is 1.24 bits per heavy atom. The zero-order valence-electron chi connectivity index (χ0n) is 14.8. The molecule has 1 aromatic carbocycles. The quantitative estimate of drug-likeness (QED) is 0.872. The molecule has 0 spiro atoms. The van der Waals surface area contributed by atoms with Crippen molar-refractivity contribution in [1.29, 1.82) is 10.5 Å². The molecule has 6 heteroatoms. The van der Waals surface area contributed by atoms with Gasteiger partial charge in [0.1, 0.15) is 17.4 Å². The highest BCUT2D eigenvalue weighted by Crippen LogP contribution is 2.45. The second kappa shape index (κ2) is 6.78. The lowest BCUT2D eigenvalue weighted by Gasteiger charge is -2.32. The first-order valence-corrected chi connectivity index (χ1v) is 7.92. The molecule has 1 atom stereocenters. The molecule has 130 valence electrons. The van der Waals surface area contributed by atoms with Crippen molar-refractivity contribution in [1.82, 2.24) is 0 Å². The van der Waals surface area contributed by atoms with Crippen LogP contribution in [0.5, 0.6) is 11.5 Å². The molecule has 0 aromatic heterocycles. The summed E-state index contributed by atoms with van der Waals surface area (Å²) in [5.41, 5.74) is 6.61. The van der Waals surface area contributed by atoms with E-state index in [9.17, 15) is 15.6 Å². The number of hydrogen-bond donors (Lipinski definition) is 2. The predicted molar refractivity (Wildman–Crippen MR) is 92.0 cm³/mol. The SMILES string of the molecule is CCOc1cc([C@@H]2C(C#N)=C(N)OC(C(C)(C)C)=C2C#N)ccc1O. The van der Waals surface area contributed by atoms with Crippen molar-refractivity contribution in [2.45, 2.75) is 33.6 Å². The third-order valence-electron chi connectivity index (χ3n) is 3.84. The fourth-order valence-electron chi connectivity index (χ4n) is 2.74. The van der Waals surface area contributed by atoms with Gasteiger partial charge in [-0.15, -0.1) is 0 Å². The summed E-state index contributed by atoms with van der Waals surface area (Å²) >= 11 is 0. The monoisotopic (exact) mass is 339 g/mol. The van der Waals surface area contributed by atoms with Gasteiger partial charge in [-0.25, -0.2) is 0 Å². The summed E-state index contributed by atoms with van der Waals surface area (Å²) in [6.07, 6.45) is 0. The second-order valence-electron chi connectivity index (χ2n) is 6.69. The second-order valence-corrected chi connectivity index (χ2v) is 6.69. The Kier molecular flexibility index (Phi) is 4.94. The van der Waals surface area contributed by atoms with Gasteiger partial charge in [-0.2, -0.15) is 10.5 Å². The van der Waals surface area contributed by atoms with Crippen LogP contribution in [0, 0.1) is 28.1 Å². The smallest absolute Gasteiger partial charge is 0.205 e. The number of ether oxygens (including phenoxy) is 2. The lowest BCUT2D eigenvalue weighted by Crippen LogP contribution is -2.26. The number of phenols is 1. The number of benzene rings is 1. The van der Waals surface area contributed by atoms with E-state index < -0.39 is 11.3 Å². The van der Waals surface area contributed by atoms with Crippen molar-refractivity contribution < 1.29 is 14.6 Å². The Morgan fingerprint density at radius 3 is 2.40 bits per heavy atom. The molecular formula is C19H21N3O3. The van der Waals surface area contributed by atoms with E-state index in [1.807, 2.05) is 26.8 Å². The molecule has 0 saturated carbocycles. The van der Waals surface area contributed by atoms with Crippen molar-refractivity contribution in [2.75, 3.05) is 6.61 Å². The highest BCUT2D eigenvalue weighted by atomic mass is 16.5. The van der Waals surface area contributed by atoms with Crippen molar-refractivity contribution in [2.24, 2.45) is 11.1 Å². The van der Waals surface area contributed by atoms with E-state index in [1.54, 1.807) is 19.1 Å². The summed E-state index contributed by atoms with van der Waals surface area (Å²) in [5, 5.41) is 29.2. The Hall–Kier alpha value is -3.12. The lowest BCUT2D eigenvalue weighted by molar-refractivity contribution is 0.199. The van der Waals surface area contributed by atoms with Crippen LogP contribution < -0.4 is 10.5 Å². The maximum atomic E-state index is 9.92. The molecule has 0 unspecified atom stereocenters. The van der Waals surface area contributed by atoms with E-state index >= 15 is 0 Å². The van der Waals surface area contributed by atoms with Gasteiger partial charge >= 0.3 is 0 Å². The zero-order chi connectivity index (χ0) is 18.8. The van der Waals surface area contributed by atoms with Crippen molar-refractivity contribution in [3.05, 3.63) is 46.6 Å². The van der Waals surface area contributed by atoms with Gasteiger partial charge in [0.15, 0.2) is 11.5 Å². The average molecular weight is 339 g/mol. The molecule has 1 aliphatic rings. The summed E-state index contributed by atoms with van der Waals surface area (Å²) in [6.45, 7) is 7.90. The molecule has 3 N–H and O–H groups in total. The van der Waals surface area contributed by atoms with Gasteiger partial charge in [-0.1, -0.05) is 26.8 Å². The van der Waals surface area contributed by atoms with E-state index in [0.717, 1.165) is 0 Å². The van der Waals surface area contributed by atoms with Crippen LogP contribution >= 0.6 is 0 Å². The topological polar surface area (TPSA) is 112 Å². The van der Waals surface area contributed by atoms with E-state index in [1.165, 1.54) is 6.07 Å². The summed E-state index contributed by atoms with van der Waals surface area (Å²) < 4.78 is 11.0. The highest BCUT2D eigenvalue weighted by Gasteiger charge is 2.37. The van der Waals surface area contributed by atoms with E-state index in [-0.39, 0.29) is 23.0 Å². The molecule has 0 saturated heterocycles. The van der Waals surface area contributed by atoms with Crippen LogP contribution in [0.2, 0.25) is 0 Å². The number of nitriles is 2. The fourth-order valence-corrected chi connectivity index (χ4v) is 2.74. The van der Waals surface area contributed by atoms with Crippen molar-refractivity contribution in [3.8, 4) is 23.6 Å². The van der Waals surface area contributed by atoms with E-state index in [0.29, 0.717) is 23.5 Å². The molecule has 0 radical (unpaired) electrons. The van der Waals surface area contributed by atoms with Crippen LogP contribution in [0.3, 0.4) is 0 Å². The molecule has 0 bridgehead atoms. The molecule has 25 heavy (non-hydrogen) atoms. The number of allylic oxidation sites excluding steroid dienone is 3. The van der Waals surface area contributed by atoms with Crippen LogP contribution in [0.4, 0.5) is 0 Å². The first kappa shape index (κ1) is 18.2. The molecular weight excluding hydrogens is 318 g/mol. The molecule has 0 fully saturated rings. The summed E-state index contributed by atoms with van der Waals surface area (Å²) in [6, 6.07) is 8.97. The highest BCUT2D eigenvalue weighted by molar-refractivity contribution is 5.56. The number of aromatic hydroxyl groups is 1. The average Bonchev–Trinajstić information content (AvgIpc) is 2.55. The Morgan fingerprint density at radius 2 is 1.88 bits per heavy atom. The number of hydrogen-bond acceptors (Lipinski definition) is 6. The molecule has 2 rings (SSSR count). The standard InChI is InChI=1S/C19H21N3O3/c1-5-24-15-8-11(6-7-14(15)23)16-12(9-20)17(19(2,3)4)25-18(22)13(16)10-21/h6-8,16,23H,5,22H2,1-4H3/t16-/m0/s1. The van der Waals surface area contributed by atoms with Crippen molar-refractivity contribution >= 4 is 0 Å². The van der Waals surface area contributed by atoms with Crippen LogP contribution in [0.15, 0.2) is 41.0 Å². The lowest BCUT2D eigenvalue weighted by atomic mass is 9.79. The third-order valence-corrected chi connectivity index (χ3v) is 3.84. The summed E-state index contributed by atoms with van der Waals surface area (Å²) in [5.74, 6) is 0.0337. The maximum absolute atomic E-state index is 9.92. The van der Waals surface area contributed by atoms with Crippen molar-refractivity contribution in [3.63, 3.8) is 0 Å². The number of nitrogens with zero attached hydrogens (tertiary/aromatic N) is 2. The third kappa shape index (κ3) is 3.39. The first-order valence-electron chi connectivity index (χ1n) is 7.92. The van der Waals surface area contributed by atoms with E-state index in [2.05, 4.69) is 6.07 Å². The minimum absolute atomic E-state index is 0.00773. The minimum atomic E-state index is -0.669. The van der Waals surface area contributed by atoms with Gasteiger partial charge in [0, 0.05) is 5.41 Å². The van der Waals surface area contributed by atoms with Gasteiger partial charge in [0.05, 0.1) is 24.2 Å². The Balaban J connectivity index is 2.71. The van der Waals surface area contributed by atoms with Gasteiger partial charge in [0.25, 0.3) is 0 Å². The van der Waals surface area contributed by atoms with Gasteiger partial charge in [0.2, 0.25) is 5.88 Å². The number of rotatable bonds is 3. The van der Waals surface area contributed by atoms with Crippen LogP contribution in [-0.2, 0) is 4.74 Å². The maximum Gasteiger partial charge on any atom is 0.205 e. The molecule has 6 nitrogen and oxygen atoms in total. The van der Waals surface area contributed by atoms with E-state index in [4.69, 9.17) is 15.2 Å². The van der Waals surface area contributed by atoms with Gasteiger partial charge in [-0.3, -0.25) is 0 Å². The molecule has 1 aliphatic heterocycles. The minimum Gasteiger partial charge on any atom is -0.504 e. The zero-order valence-corrected chi connectivity index (χ0v) is 14.8. The van der Waals surface area contributed by atoms with Crippen LogP contribution in [0.1, 0.15) is 39.2 Å². The van der Waals surface area contributed by atoms with Gasteiger partial charge < -0.3 is 20.3 Å². The van der Waals surface area contributed by atoms with Crippen LogP contribution in [-0.4, -0.2) is 11.7 Å². The molecule has 1 heterocycles. The Bertz CT molecular complexity index is 833. The summed E-state index contributed by atoms with van der Waals surface area (Å²) in [4.78, 5) is 0. The Labute approximate surface area is 147 Å². The molecule has 0 aliphatic carbocycles. The van der Waals surface area contributed by atoms with Crippen LogP contribution in [0.25, 0.3) is 0 Å². The number of phenolic OH excluding ortho intramolecular Hbond substituents is 1. The number of nitrogens with two attached hydrogens (primary N) is 1. The molecule has 1 aromatic rings.